The first-order valence-electron chi connectivity index (χ1n) is 14.7. The molecule has 7 nitrogen and oxygen atoms in total. The molecule has 0 radical (unpaired) electrons. The topological polar surface area (TPSA) is 61.8 Å². The van der Waals surface area contributed by atoms with Gasteiger partial charge in [-0.1, -0.05) is 30.8 Å². The number of amides is 1. The molecule has 3 aliphatic heterocycles. The van der Waals surface area contributed by atoms with Crippen molar-refractivity contribution in [2.45, 2.75) is 62.8 Å². The molecule has 41 heavy (non-hydrogen) atoms. The first-order chi connectivity index (χ1) is 19.9. The number of likely N-dealkylation sites (tertiary alicyclic amines) is 2. The molecule has 9 heteroatoms. The van der Waals surface area contributed by atoms with E-state index in [9.17, 15) is 13.6 Å². The van der Waals surface area contributed by atoms with Crippen LogP contribution >= 0.6 is 0 Å². The van der Waals surface area contributed by atoms with Crippen molar-refractivity contribution in [3.63, 3.8) is 0 Å². The molecule has 214 valence electrons. The van der Waals surface area contributed by atoms with E-state index in [-0.39, 0.29) is 24.1 Å². The Hall–Kier alpha value is -3.59. The van der Waals surface area contributed by atoms with E-state index in [0.717, 1.165) is 41.5 Å². The van der Waals surface area contributed by atoms with Crippen molar-refractivity contribution in [1.82, 2.24) is 19.8 Å². The van der Waals surface area contributed by atoms with Crippen LogP contribution in [0, 0.1) is 0 Å². The Morgan fingerprint density at radius 3 is 2.78 bits per heavy atom. The minimum atomic E-state index is -0.921. The molecular weight excluding hydrogens is 524 g/mol. The third-order valence-corrected chi connectivity index (χ3v) is 9.46. The number of nitrogens with zero attached hydrogens (tertiary/aromatic N) is 5. The van der Waals surface area contributed by atoms with Gasteiger partial charge in [-0.25, -0.2) is 8.78 Å². The predicted octanol–water partition coefficient (Wildman–Crippen LogP) is 4.87. The van der Waals surface area contributed by atoms with Gasteiger partial charge in [-0.2, -0.15) is 9.97 Å². The lowest BCUT2D eigenvalue weighted by Gasteiger charge is -2.47. The number of anilines is 1. The van der Waals surface area contributed by atoms with Crippen LogP contribution in [0.3, 0.4) is 0 Å². The van der Waals surface area contributed by atoms with Crippen LogP contribution in [-0.2, 0) is 17.6 Å². The summed E-state index contributed by atoms with van der Waals surface area (Å²) in [5, 5.41) is 0.908. The van der Waals surface area contributed by atoms with Crippen LogP contribution in [0.5, 0.6) is 6.01 Å². The van der Waals surface area contributed by atoms with Crippen molar-refractivity contribution < 1.29 is 18.3 Å². The van der Waals surface area contributed by atoms with Crippen LogP contribution in [0.25, 0.3) is 22.0 Å². The summed E-state index contributed by atoms with van der Waals surface area (Å²) in [4.78, 5) is 27.8. The molecule has 2 aromatic carbocycles. The molecule has 0 bridgehead atoms. The van der Waals surface area contributed by atoms with E-state index >= 15 is 0 Å². The Balaban J connectivity index is 1.24. The zero-order valence-electron chi connectivity index (χ0n) is 23.4. The summed E-state index contributed by atoms with van der Waals surface area (Å²) in [7, 11) is 1.91. The fraction of sp³-hybridized carbons (Fsp3) is 0.469. The normalized spacial score (nSPS) is 25.6. The van der Waals surface area contributed by atoms with Crippen molar-refractivity contribution >= 4 is 22.6 Å². The van der Waals surface area contributed by atoms with Gasteiger partial charge in [0.1, 0.15) is 18.6 Å². The number of aromatic nitrogens is 2. The Labute approximate surface area is 238 Å². The van der Waals surface area contributed by atoms with E-state index in [1.165, 1.54) is 29.5 Å². The number of alkyl halides is 1. The van der Waals surface area contributed by atoms with Gasteiger partial charge in [0, 0.05) is 31.1 Å². The van der Waals surface area contributed by atoms with Crippen LogP contribution in [0.2, 0.25) is 0 Å². The van der Waals surface area contributed by atoms with Gasteiger partial charge in [0.05, 0.1) is 17.6 Å². The van der Waals surface area contributed by atoms with E-state index in [1.807, 2.05) is 11.9 Å². The second-order valence-corrected chi connectivity index (χ2v) is 11.9. The summed E-state index contributed by atoms with van der Waals surface area (Å²) >= 11 is 0. The zero-order chi connectivity index (χ0) is 28.2. The number of carbonyl (C=O) groups is 1. The van der Waals surface area contributed by atoms with E-state index in [2.05, 4.69) is 47.9 Å². The minimum absolute atomic E-state index is 0.0356. The number of carbonyl (C=O) groups excluding carboxylic acids is 1. The van der Waals surface area contributed by atoms with Gasteiger partial charge in [0.2, 0.25) is 0 Å². The second-order valence-electron chi connectivity index (χ2n) is 11.9. The van der Waals surface area contributed by atoms with E-state index in [4.69, 9.17) is 14.7 Å². The number of fused-ring (bicyclic) bond motifs is 3. The maximum atomic E-state index is 14.0. The molecule has 4 aliphatic rings. The monoisotopic (exact) mass is 559 g/mol. The standard InChI is InChI=1S/C32H35F2N5O2/c1-19(33)31(40)38-13-12-28-29(38)17-39(28)30-26-11-10-21(25-9-5-7-20-6-3-4-8-24(20)25)14-27(26)35-32(36-30)41-18-23-15-22(34)16-37(23)2/h5,7,9-11,14,22-23,28-29H,1,3-4,6,8,12-13,15-18H2,2H3/t22-,23+,28-,29?/m1/s1. The van der Waals surface area contributed by atoms with Crippen molar-refractivity contribution in [2.75, 3.05) is 38.2 Å². The summed E-state index contributed by atoms with van der Waals surface area (Å²) in [6, 6.07) is 13.1. The number of hydrogen-bond donors (Lipinski definition) is 0. The van der Waals surface area contributed by atoms with Crippen molar-refractivity contribution in [3.05, 3.63) is 59.9 Å². The quantitative estimate of drug-likeness (QED) is 0.402. The lowest BCUT2D eigenvalue weighted by atomic mass is 9.86. The summed E-state index contributed by atoms with van der Waals surface area (Å²) < 4.78 is 33.7. The Kier molecular flexibility index (Phi) is 6.64. The second kappa shape index (κ2) is 10.4. The van der Waals surface area contributed by atoms with Crippen molar-refractivity contribution in [3.8, 4) is 17.1 Å². The molecule has 0 N–H and O–H groups in total. The maximum Gasteiger partial charge on any atom is 0.319 e. The molecule has 4 heterocycles. The number of ether oxygens (including phenoxy) is 1. The minimum Gasteiger partial charge on any atom is -0.462 e. The molecule has 4 atom stereocenters. The van der Waals surface area contributed by atoms with Gasteiger partial charge in [-0.3, -0.25) is 9.69 Å². The number of likely N-dealkylation sites (N-methyl/N-ethyl adjacent to an activating group) is 1. The summed E-state index contributed by atoms with van der Waals surface area (Å²) in [5.41, 5.74) is 5.99. The summed E-state index contributed by atoms with van der Waals surface area (Å²) in [6.45, 7) is 4.95. The van der Waals surface area contributed by atoms with Gasteiger partial charge in [-0.05, 0) is 80.0 Å². The molecule has 3 fully saturated rings. The molecule has 1 amide bonds. The SMILES string of the molecule is C=C(F)C(=O)N1CC[C@@H]2C1CN2c1nc(OC[C@@H]2C[C@@H](F)CN2C)nc2cc(-c3cccc4c3CCCC4)ccc12. The van der Waals surface area contributed by atoms with Gasteiger partial charge in [0.25, 0.3) is 5.91 Å². The van der Waals surface area contributed by atoms with E-state index in [1.54, 1.807) is 4.90 Å². The smallest absolute Gasteiger partial charge is 0.319 e. The molecular formula is C32H35F2N5O2. The largest absolute Gasteiger partial charge is 0.462 e. The Morgan fingerprint density at radius 2 is 1.98 bits per heavy atom. The van der Waals surface area contributed by atoms with Gasteiger partial charge < -0.3 is 14.5 Å². The molecule has 1 unspecified atom stereocenters. The van der Waals surface area contributed by atoms with Crippen LogP contribution in [-0.4, -0.2) is 83.3 Å². The summed E-state index contributed by atoms with van der Waals surface area (Å²) in [5.74, 6) is -0.795. The number of halogens is 2. The van der Waals surface area contributed by atoms with Crippen LogP contribution in [0.15, 0.2) is 48.8 Å². The average molecular weight is 560 g/mol. The van der Waals surface area contributed by atoms with Crippen LogP contribution in [0.1, 0.15) is 36.8 Å². The van der Waals surface area contributed by atoms with Gasteiger partial charge in [-0.15, -0.1) is 0 Å². The van der Waals surface area contributed by atoms with E-state index in [0.29, 0.717) is 32.7 Å². The first kappa shape index (κ1) is 26.3. The number of benzene rings is 2. The Morgan fingerprint density at radius 1 is 1.12 bits per heavy atom. The lowest BCUT2D eigenvalue weighted by Crippen LogP contribution is -2.63. The number of hydrogen-bond acceptors (Lipinski definition) is 6. The Bertz CT molecular complexity index is 1530. The zero-order valence-corrected chi connectivity index (χ0v) is 23.4. The van der Waals surface area contributed by atoms with Crippen molar-refractivity contribution in [2.24, 2.45) is 0 Å². The summed E-state index contributed by atoms with van der Waals surface area (Å²) in [6.07, 6.45) is 4.92. The van der Waals surface area contributed by atoms with Gasteiger partial charge >= 0.3 is 6.01 Å². The first-order valence-corrected chi connectivity index (χ1v) is 14.7. The molecule has 1 aromatic heterocycles. The predicted molar refractivity (Wildman–Crippen MR) is 155 cm³/mol. The van der Waals surface area contributed by atoms with Gasteiger partial charge in [0.15, 0.2) is 5.83 Å². The molecule has 0 spiro atoms. The highest BCUT2D eigenvalue weighted by molar-refractivity contribution is 5.95. The lowest BCUT2D eigenvalue weighted by molar-refractivity contribution is -0.130. The van der Waals surface area contributed by atoms with Crippen LogP contribution in [0.4, 0.5) is 14.6 Å². The molecule has 3 aromatic rings. The fourth-order valence-electron chi connectivity index (χ4n) is 7.24. The van der Waals surface area contributed by atoms with E-state index < -0.39 is 17.9 Å². The molecule has 0 saturated carbocycles. The maximum absolute atomic E-state index is 14.0. The van der Waals surface area contributed by atoms with Crippen molar-refractivity contribution in [1.29, 1.82) is 0 Å². The fourth-order valence-corrected chi connectivity index (χ4v) is 7.24. The highest BCUT2D eigenvalue weighted by Gasteiger charge is 2.50. The highest BCUT2D eigenvalue weighted by Crippen LogP contribution is 2.41. The molecule has 1 aliphatic carbocycles. The van der Waals surface area contributed by atoms with Crippen LogP contribution < -0.4 is 9.64 Å². The highest BCUT2D eigenvalue weighted by atomic mass is 19.1. The molecule has 3 saturated heterocycles. The average Bonchev–Trinajstić information content (AvgIpc) is 3.47. The molecule has 7 rings (SSSR count). The number of rotatable bonds is 6. The number of aryl methyl sites for hydroxylation is 1. The third-order valence-electron chi connectivity index (χ3n) is 9.46. The third kappa shape index (κ3) is 4.64.